The van der Waals surface area contributed by atoms with Gasteiger partial charge in [0.05, 0.1) is 5.56 Å². The Morgan fingerprint density at radius 1 is 0.933 bits per heavy atom. The zero-order chi connectivity index (χ0) is 21.1. The molecule has 0 radical (unpaired) electrons. The normalized spacial score (nSPS) is 18.5. The minimum Gasteiger partial charge on any atom is -0.349 e. The number of benzene rings is 1. The molecule has 5 heteroatoms. The molecule has 4 rings (SSSR count). The minimum absolute atomic E-state index is 0.0520. The van der Waals surface area contributed by atoms with E-state index in [1.54, 1.807) is 6.07 Å². The van der Waals surface area contributed by atoms with Gasteiger partial charge in [-0.1, -0.05) is 61.7 Å². The van der Waals surface area contributed by atoms with E-state index >= 15 is 0 Å². The molecule has 30 heavy (non-hydrogen) atoms. The standard InChI is InChI=1S/C25H32Cl2N2O/c1-17-23(25(30)28-22-10-6-3-7-11-22)15-24(19-12-20(26)14-21(27)13-19)29(17)16-18-8-4-2-5-9-18/h12-15,18,22H,2-11,16H2,1H3,(H,28,30). The smallest absolute Gasteiger partial charge is 0.253 e. The summed E-state index contributed by atoms with van der Waals surface area (Å²) in [6.45, 7) is 3.02. The van der Waals surface area contributed by atoms with Crippen LogP contribution in [0.25, 0.3) is 11.3 Å². The lowest BCUT2D eigenvalue weighted by Gasteiger charge is -2.24. The summed E-state index contributed by atoms with van der Waals surface area (Å²) in [5.41, 5.74) is 3.84. The molecule has 2 aliphatic carbocycles. The average molecular weight is 447 g/mol. The van der Waals surface area contributed by atoms with Crippen LogP contribution >= 0.6 is 23.2 Å². The van der Waals surface area contributed by atoms with Gasteiger partial charge in [-0.2, -0.15) is 0 Å². The number of carbonyl (C=O) groups excluding carboxylic acids is 1. The molecule has 2 aliphatic rings. The van der Waals surface area contributed by atoms with Gasteiger partial charge < -0.3 is 9.88 Å². The zero-order valence-electron chi connectivity index (χ0n) is 17.9. The van der Waals surface area contributed by atoms with Crippen LogP contribution in [-0.4, -0.2) is 16.5 Å². The Balaban J connectivity index is 1.67. The summed E-state index contributed by atoms with van der Waals surface area (Å²) in [4.78, 5) is 13.2. The maximum absolute atomic E-state index is 13.2. The molecule has 162 valence electrons. The summed E-state index contributed by atoms with van der Waals surface area (Å²) < 4.78 is 2.33. The first-order chi connectivity index (χ1) is 14.5. The van der Waals surface area contributed by atoms with Gasteiger partial charge in [-0.25, -0.2) is 0 Å². The summed E-state index contributed by atoms with van der Waals surface area (Å²) in [5.74, 6) is 0.712. The number of nitrogens with zero attached hydrogens (tertiary/aromatic N) is 1. The van der Waals surface area contributed by atoms with E-state index in [9.17, 15) is 4.79 Å². The number of hydrogen-bond donors (Lipinski definition) is 1. The molecular weight excluding hydrogens is 415 g/mol. The highest BCUT2D eigenvalue weighted by molar-refractivity contribution is 6.35. The van der Waals surface area contributed by atoms with E-state index in [0.717, 1.165) is 41.9 Å². The number of rotatable bonds is 5. The van der Waals surface area contributed by atoms with Crippen LogP contribution in [0.4, 0.5) is 0 Å². The largest absolute Gasteiger partial charge is 0.349 e. The van der Waals surface area contributed by atoms with Gasteiger partial charge in [-0.05, 0) is 62.8 Å². The highest BCUT2D eigenvalue weighted by Crippen LogP contribution is 2.34. The van der Waals surface area contributed by atoms with Crippen LogP contribution in [0.1, 0.15) is 80.3 Å². The highest BCUT2D eigenvalue weighted by Gasteiger charge is 2.24. The molecule has 1 aromatic heterocycles. The number of amides is 1. The third-order valence-corrected chi connectivity index (χ3v) is 7.31. The first-order valence-corrected chi connectivity index (χ1v) is 12.2. The Labute approximate surface area is 190 Å². The number of nitrogens with one attached hydrogen (secondary N) is 1. The fourth-order valence-corrected chi connectivity index (χ4v) is 5.72. The SMILES string of the molecule is Cc1c(C(=O)NC2CCCCC2)cc(-c2cc(Cl)cc(Cl)c2)n1CC1CCCCC1. The topological polar surface area (TPSA) is 34.0 Å². The lowest BCUT2D eigenvalue weighted by Crippen LogP contribution is -2.36. The fourth-order valence-electron chi connectivity index (χ4n) is 5.19. The molecule has 2 aromatic rings. The summed E-state index contributed by atoms with van der Waals surface area (Å²) >= 11 is 12.6. The van der Waals surface area contributed by atoms with Gasteiger partial charge in [0.15, 0.2) is 0 Å². The predicted molar refractivity (Wildman–Crippen MR) is 126 cm³/mol. The van der Waals surface area contributed by atoms with Gasteiger partial charge >= 0.3 is 0 Å². The lowest BCUT2D eigenvalue weighted by atomic mass is 9.89. The average Bonchev–Trinajstić information content (AvgIpc) is 3.05. The molecule has 0 bridgehead atoms. The molecule has 0 saturated heterocycles. The van der Waals surface area contributed by atoms with Gasteiger partial charge in [0.2, 0.25) is 0 Å². The maximum atomic E-state index is 13.2. The van der Waals surface area contributed by atoms with E-state index in [4.69, 9.17) is 23.2 Å². The van der Waals surface area contributed by atoms with E-state index in [1.165, 1.54) is 51.4 Å². The molecule has 0 unspecified atom stereocenters. The van der Waals surface area contributed by atoms with E-state index in [-0.39, 0.29) is 5.91 Å². The van der Waals surface area contributed by atoms with Crippen molar-refractivity contribution in [1.82, 2.24) is 9.88 Å². The monoisotopic (exact) mass is 446 g/mol. The number of carbonyl (C=O) groups is 1. The van der Waals surface area contributed by atoms with Gasteiger partial charge in [-0.3, -0.25) is 4.79 Å². The third kappa shape index (κ3) is 5.06. The van der Waals surface area contributed by atoms with E-state index in [2.05, 4.69) is 16.8 Å². The van der Waals surface area contributed by atoms with Crippen LogP contribution < -0.4 is 5.32 Å². The Hall–Kier alpha value is -1.45. The van der Waals surface area contributed by atoms with E-state index in [1.807, 2.05) is 18.2 Å². The van der Waals surface area contributed by atoms with Crippen molar-refractivity contribution in [2.75, 3.05) is 0 Å². The van der Waals surface area contributed by atoms with Crippen molar-refractivity contribution < 1.29 is 4.79 Å². The van der Waals surface area contributed by atoms with Crippen molar-refractivity contribution >= 4 is 29.1 Å². The van der Waals surface area contributed by atoms with Crippen LogP contribution in [0.2, 0.25) is 10.0 Å². The Kier molecular flexibility index (Phi) is 7.10. The molecule has 3 nitrogen and oxygen atoms in total. The maximum Gasteiger partial charge on any atom is 0.253 e. The molecule has 2 saturated carbocycles. The summed E-state index contributed by atoms with van der Waals surface area (Å²) in [7, 11) is 0. The van der Waals surface area contributed by atoms with Gasteiger partial charge in [0.1, 0.15) is 0 Å². The van der Waals surface area contributed by atoms with Gasteiger partial charge in [0, 0.05) is 39.6 Å². The van der Waals surface area contributed by atoms with Crippen molar-refractivity contribution in [2.45, 2.75) is 83.7 Å². The molecule has 0 aliphatic heterocycles. The quantitative estimate of drug-likeness (QED) is 0.509. The van der Waals surface area contributed by atoms with Crippen LogP contribution in [-0.2, 0) is 6.54 Å². The van der Waals surface area contributed by atoms with Crippen molar-refractivity contribution in [2.24, 2.45) is 5.92 Å². The summed E-state index contributed by atoms with van der Waals surface area (Å²) in [6, 6.07) is 7.99. The second kappa shape index (κ2) is 9.78. The molecular formula is C25H32Cl2N2O. The van der Waals surface area contributed by atoms with Gasteiger partial charge in [0.25, 0.3) is 5.91 Å². The minimum atomic E-state index is 0.0520. The van der Waals surface area contributed by atoms with Crippen LogP contribution in [0.3, 0.4) is 0 Å². The lowest BCUT2D eigenvalue weighted by molar-refractivity contribution is 0.0927. The third-order valence-electron chi connectivity index (χ3n) is 6.88. The van der Waals surface area contributed by atoms with Crippen LogP contribution in [0.15, 0.2) is 24.3 Å². The summed E-state index contributed by atoms with van der Waals surface area (Å²) in [6.07, 6.45) is 12.3. The Morgan fingerprint density at radius 3 is 2.17 bits per heavy atom. The zero-order valence-corrected chi connectivity index (χ0v) is 19.4. The number of aromatic nitrogens is 1. The molecule has 0 atom stereocenters. The predicted octanol–water partition coefficient (Wildman–Crippen LogP) is 7.41. The second-order valence-corrected chi connectivity index (χ2v) is 9.98. The number of hydrogen-bond acceptors (Lipinski definition) is 1. The van der Waals surface area contributed by atoms with Crippen molar-refractivity contribution in [1.29, 1.82) is 0 Å². The molecule has 2 fully saturated rings. The molecule has 1 amide bonds. The molecule has 0 spiro atoms. The Bertz CT molecular complexity index is 873. The first-order valence-electron chi connectivity index (χ1n) is 11.5. The van der Waals surface area contributed by atoms with Crippen molar-refractivity contribution in [3.8, 4) is 11.3 Å². The highest BCUT2D eigenvalue weighted by atomic mass is 35.5. The Morgan fingerprint density at radius 2 is 1.53 bits per heavy atom. The molecule has 1 aromatic carbocycles. The fraction of sp³-hybridized carbons (Fsp3) is 0.560. The van der Waals surface area contributed by atoms with Crippen molar-refractivity contribution in [3.63, 3.8) is 0 Å². The van der Waals surface area contributed by atoms with Gasteiger partial charge in [-0.15, -0.1) is 0 Å². The van der Waals surface area contributed by atoms with Crippen molar-refractivity contribution in [3.05, 3.63) is 45.6 Å². The molecule has 1 N–H and O–H groups in total. The van der Waals surface area contributed by atoms with Crippen LogP contribution in [0, 0.1) is 12.8 Å². The summed E-state index contributed by atoms with van der Waals surface area (Å²) in [5, 5.41) is 4.53. The second-order valence-electron chi connectivity index (χ2n) is 9.11. The number of halogens is 2. The first kappa shape index (κ1) is 21.8. The van der Waals surface area contributed by atoms with Crippen LogP contribution in [0.5, 0.6) is 0 Å². The molecule has 1 heterocycles. The van der Waals surface area contributed by atoms with E-state index < -0.39 is 0 Å². The van der Waals surface area contributed by atoms with E-state index in [0.29, 0.717) is 22.0 Å².